The highest BCUT2D eigenvalue weighted by Gasteiger charge is 2.16. The van der Waals surface area contributed by atoms with Gasteiger partial charge in [0.1, 0.15) is 11.6 Å². The third kappa shape index (κ3) is 4.03. The Labute approximate surface area is 156 Å². The summed E-state index contributed by atoms with van der Waals surface area (Å²) >= 11 is 0. The van der Waals surface area contributed by atoms with Gasteiger partial charge in [0.05, 0.1) is 12.4 Å². The lowest BCUT2D eigenvalue weighted by Crippen LogP contribution is -2.16. The van der Waals surface area contributed by atoms with Gasteiger partial charge in [0.2, 0.25) is 0 Å². The zero-order valence-corrected chi connectivity index (χ0v) is 16.1. The van der Waals surface area contributed by atoms with Crippen LogP contribution in [0.2, 0.25) is 0 Å². The Bertz CT molecular complexity index is 1180. The predicted molar refractivity (Wildman–Crippen MR) is 104 cm³/mol. The first-order valence-electron chi connectivity index (χ1n) is 8.42. The number of aromatic nitrogens is 1. The maximum Gasteiger partial charge on any atom is 0.258 e. The highest BCUT2D eigenvalue weighted by Crippen LogP contribution is 2.35. The van der Waals surface area contributed by atoms with Gasteiger partial charge in [-0.3, -0.25) is 4.79 Å². The van der Waals surface area contributed by atoms with E-state index in [0.717, 1.165) is 0 Å². The SMILES string of the molecule is CCOc1ccc(CS(C)(=O)=O)cc1-c1cn(C)c(=O)c2ccc(F)cc12. The van der Waals surface area contributed by atoms with Crippen molar-refractivity contribution >= 4 is 20.6 Å². The minimum absolute atomic E-state index is 0.121. The molecular formula is C20H20FNO4S. The molecule has 27 heavy (non-hydrogen) atoms. The number of aryl methyl sites for hydroxylation is 1. The van der Waals surface area contributed by atoms with E-state index in [1.54, 1.807) is 31.4 Å². The Morgan fingerprint density at radius 3 is 2.48 bits per heavy atom. The molecule has 0 saturated carbocycles. The normalized spacial score (nSPS) is 11.7. The molecule has 142 valence electrons. The van der Waals surface area contributed by atoms with Crippen LogP contribution in [0.5, 0.6) is 5.75 Å². The van der Waals surface area contributed by atoms with Gasteiger partial charge in [-0.1, -0.05) is 6.07 Å². The number of fused-ring (bicyclic) bond motifs is 1. The second kappa shape index (κ2) is 7.15. The monoisotopic (exact) mass is 389 g/mol. The van der Waals surface area contributed by atoms with Crippen LogP contribution >= 0.6 is 0 Å². The Kier molecular flexibility index (Phi) is 5.06. The highest BCUT2D eigenvalue weighted by atomic mass is 32.2. The fraction of sp³-hybridized carbons (Fsp3) is 0.250. The third-order valence-electron chi connectivity index (χ3n) is 4.21. The minimum atomic E-state index is -3.22. The van der Waals surface area contributed by atoms with Crippen LogP contribution in [0, 0.1) is 5.82 Å². The number of halogens is 1. The molecule has 0 amide bonds. The van der Waals surface area contributed by atoms with Gasteiger partial charge in [0.15, 0.2) is 9.84 Å². The van der Waals surface area contributed by atoms with Crippen molar-refractivity contribution in [3.8, 4) is 16.9 Å². The van der Waals surface area contributed by atoms with Gasteiger partial charge in [0.25, 0.3) is 5.56 Å². The Balaban J connectivity index is 2.34. The van der Waals surface area contributed by atoms with E-state index >= 15 is 0 Å². The molecule has 0 aliphatic carbocycles. The molecule has 0 aliphatic rings. The Morgan fingerprint density at radius 2 is 1.81 bits per heavy atom. The molecule has 0 fully saturated rings. The van der Waals surface area contributed by atoms with E-state index < -0.39 is 15.7 Å². The summed E-state index contributed by atoms with van der Waals surface area (Å²) < 4.78 is 44.4. The molecule has 0 spiro atoms. The second-order valence-corrected chi connectivity index (χ2v) is 8.62. The van der Waals surface area contributed by atoms with Gasteiger partial charge in [-0.2, -0.15) is 0 Å². The lowest BCUT2D eigenvalue weighted by atomic mass is 9.98. The first kappa shape index (κ1) is 19.1. The van der Waals surface area contributed by atoms with Crippen molar-refractivity contribution in [3.63, 3.8) is 0 Å². The smallest absolute Gasteiger partial charge is 0.258 e. The van der Waals surface area contributed by atoms with Crippen molar-refractivity contribution in [2.75, 3.05) is 12.9 Å². The van der Waals surface area contributed by atoms with Gasteiger partial charge in [-0.15, -0.1) is 0 Å². The summed E-state index contributed by atoms with van der Waals surface area (Å²) in [5.41, 5.74) is 1.57. The molecule has 0 unspecified atom stereocenters. The first-order valence-corrected chi connectivity index (χ1v) is 10.5. The standard InChI is InChI=1S/C20H20FNO4S/c1-4-26-19-8-5-13(12-27(3,24)25)9-17(19)18-11-22(2)20(23)15-7-6-14(21)10-16(15)18/h5-11H,4,12H2,1-3H3. The minimum Gasteiger partial charge on any atom is -0.493 e. The van der Waals surface area contributed by atoms with Crippen LogP contribution in [0.1, 0.15) is 12.5 Å². The van der Waals surface area contributed by atoms with Crippen LogP contribution in [-0.4, -0.2) is 25.8 Å². The number of nitrogens with zero attached hydrogens (tertiary/aromatic N) is 1. The highest BCUT2D eigenvalue weighted by molar-refractivity contribution is 7.89. The number of ether oxygens (including phenoxy) is 1. The fourth-order valence-corrected chi connectivity index (χ4v) is 3.90. The largest absolute Gasteiger partial charge is 0.493 e. The van der Waals surface area contributed by atoms with Crippen molar-refractivity contribution in [1.82, 2.24) is 4.57 Å². The van der Waals surface area contributed by atoms with Gasteiger partial charge >= 0.3 is 0 Å². The molecule has 0 aliphatic heterocycles. The number of hydrogen-bond acceptors (Lipinski definition) is 4. The van der Waals surface area contributed by atoms with E-state index in [-0.39, 0.29) is 11.3 Å². The van der Waals surface area contributed by atoms with Crippen LogP contribution in [0.25, 0.3) is 21.9 Å². The van der Waals surface area contributed by atoms with Crippen molar-refractivity contribution in [1.29, 1.82) is 0 Å². The molecular weight excluding hydrogens is 369 g/mol. The molecule has 3 aromatic rings. The van der Waals surface area contributed by atoms with Crippen LogP contribution in [0.15, 0.2) is 47.4 Å². The molecule has 5 nitrogen and oxygen atoms in total. The quantitative estimate of drug-likeness (QED) is 0.672. The summed E-state index contributed by atoms with van der Waals surface area (Å²) in [4.78, 5) is 12.4. The van der Waals surface area contributed by atoms with Gasteiger partial charge in [0, 0.05) is 36.0 Å². The van der Waals surface area contributed by atoms with Gasteiger partial charge < -0.3 is 9.30 Å². The van der Waals surface area contributed by atoms with Crippen molar-refractivity contribution in [2.24, 2.45) is 7.05 Å². The van der Waals surface area contributed by atoms with Gasteiger partial charge in [-0.05, 0) is 48.2 Å². The molecule has 1 heterocycles. The summed E-state index contributed by atoms with van der Waals surface area (Å²) in [5.74, 6) is -0.0361. The summed E-state index contributed by atoms with van der Waals surface area (Å²) in [7, 11) is -1.60. The van der Waals surface area contributed by atoms with E-state index in [2.05, 4.69) is 0 Å². The zero-order chi connectivity index (χ0) is 19.8. The number of sulfone groups is 1. The molecule has 0 N–H and O–H groups in total. The summed E-state index contributed by atoms with van der Waals surface area (Å²) in [6, 6.07) is 9.13. The number of pyridine rings is 1. The number of rotatable bonds is 5. The topological polar surface area (TPSA) is 65.4 Å². The number of hydrogen-bond donors (Lipinski definition) is 0. The molecule has 2 aromatic carbocycles. The van der Waals surface area contributed by atoms with Gasteiger partial charge in [-0.25, -0.2) is 12.8 Å². The van der Waals surface area contributed by atoms with E-state index in [1.807, 2.05) is 6.92 Å². The van der Waals surface area contributed by atoms with E-state index in [4.69, 9.17) is 4.74 Å². The second-order valence-electron chi connectivity index (χ2n) is 6.48. The van der Waals surface area contributed by atoms with E-state index in [9.17, 15) is 17.6 Å². The first-order chi connectivity index (χ1) is 12.7. The number of benzene rings is 2. The summed E-state index contributed by atoms with van der Waals surface area (Å²) in [6.45, 7) is 2.25. The Morgan fingerprint density at radius 1 is 1.07 bits per heavy atom. The van der Waals surface area contributed by atoms with E-state index in [0.29, 0.717) is 39.8 Å². The van der Waals surface area contributed by atoms with Crippen molar-refractivity contribution in [3.05, 3.63) is 64.3 Å². The molecule has 0 bridgehead atoms. The zero-order valence-electron chi connectivity index (χ0n) is 15.3. The third-order valence-corrected chi connectivity index (χ3v) is 5.07. The molecule has 3 rings (SSSR count). The fourth-order valence-electron chi connectivity index (χ4n) is 3.11. The Hall–Kier alpha value is -2.67. The maximum atomic E-state index is 13.9. The van der Waals surface area contributed by atoms with Crippen LogP contribution in [-0.2, 0) is 22.6 Å². The molecule has 0 atom stereocenters. The van der Waals surface area contributed by atoms with Crippen LogP contribution in [0.3, 0.4) is 0 Å². The molecule has 1 aromatic heterocycles. The maximum absolute atomic E-state index is 13.9. The lowest BCUT2D eigenvalue weighted by Gasteiger charge is -2.15. The predicted octanol–water partition coefficient (Wildman–Crippen LogP) is 3.29. The van der Waals surface area contributed by atoms with E-state index in [1.165, 1.54) is 29.0 Å². The van der Waals surface area contributed by atoms with Crippen LogP contribution < -0.4 is 10.3 Å². The molecule has 0 saturated heterocycles. The van der Waals surface area contributed by atoms with Crippen molar-refractivity contribution < 1.29 is 17.5 Å². The summed E-state index contributed by atoms with van der Waals surface area (Å²) in [5, 5.41) is 0.836. The summed E-state index contributed by atoms with van der Waals surface area (Å²) in [6.07, 6.45) is 2.78. The molecule has 0 radical (unpaired) electrons. The lowest BCUT2D eigenvalue weighted by molar-refractivity contribution is 0.341. The average molecular weight is 389 g/mol. The van der Waals surface area contributed by atoms with Crippen molar-refractivity contribution in [2.45, 2.75) is 12.7 Å². The molecule has 7 heteroatoms. The average Bonchev–Trinajstić information content (AvgIpc) is 2.58. The van der Waals surface area contributed by atoms with Crippen LogP contribution in [0.4, 0.5) is 4.39 Å².